The first-order chi connectivity index (χ1) is 7.52. The van der Waals surface area contributed by atoms with Crippen molar-refractivity contribution >= 4 is 31.3 Å². The number of thiophene rings is 1. The standard InChI is InChI=1S/C11H11FO2S2/c1-2-16(13,14)7-8-6-9-10(12)4-3-5-11(9)15-8/h3-6H,2,7H2,1H3. The van der Waals surface area contributed by atoms with E-state index < -0.39 is 9.84 Å². The molecule has 1 heterocycles. The third-order valence-corrected chi connectivity index (χ3v) is 5.27. The van der Waals surface area contributed by atoms with Crippen LogP contribution in [0.15, 0.2) is 24.3 Å². The molecule has 5 heteroatoms. The zero-order valence-corrected chi connectivity index (χ0v) is 10.4. The minimum Gasteiger partial charge on any atom is -0.228 e. The molecule has 16 heavy (non-hydrogen) atoms. The average molecular weight is 258 g/mol. The molecule has 0 bridgehead atoms. The second-order valence-electron chi connectivity index (χ2n) is 3.54. The van der Waals surface area contributed by atoms with Crippen LogP contribution in [0.3, 0.4) is 0 Å². The lowest BCUT2D eigenvalue weighted by molar-refractivity contribution is 0.597. The number of rotatable bonds is 3. The van der Waals surface area contributed by atoms with Crippen molar-refractivity contribution in [3.63, 3.8) is 0 Å². The SMILES string of the molecule is CCS(=O)(=O)Cc1cc2c(F)cccc2s1. The molecular weight excluding hydrogens is 247 g/mol. The molecule has 0 N–H and O–H groups in total. The van der Waals surface area contributed by atoms with Crippen molar-refractivity contribution in [1.82, 2.24) is 0 Å². The van der Waals surface area contributed by atoms with Crippen molar-refractivity contribution < 1.29 is 12.8 Å². The normalized spacial score (nSPS) is 12.1. The third kappa shape index (κ3) is 2.25. The highest BCUT2D eigenvalue weighted by Gasteiger charge is 2.12. The van der Waals surface area contributed by atoms with E-state index in [4.69, 9.17) is 0 Å². The van der Waals surface area contributed by atoms with Crippen LogP contribution in [0.4, 0.5) is 4.39 Å². The monoisotopic (exact) mass is 258 g/mol. The summed E-state index contributed by atoms with van der Waals surface area (Å²) in [6.07, 6.45) is 0. The Hall–Kier alpha value is -0.940. The van der Waals surface area contributed by atoms with Gasteiger partial charge in [0, 0.05) is 20.7 Å². The number of halogens is 1. The van der Waals surface area contributed by atoms with Gasteiger partial charge in [0.1, 0.15) is 5.82 Å². The van der Waals surface area contributed by atoms with Gasteiger partial charge < -0.3 is 0 Å². The second kappa shape index (κ2) is 4.14. The van der Waals surface area contributed by atoms with Crippen molar-refractivity contribution in [2.75, 3.05) is 5.75 Å². The Bertz CT molecular complexity index is 614. The molecule has 0 saturated heterocycles. The van der Waals surface area contributed by atoms with Crippen LogP contribution in [0.25, 0.3) is 10.1 Å². The van der Waals surface area contributed by atoms with E-state index in [0.29, 0.717) is 10.3 Å². The average Bonchev–Trinajstić information content (AvgIpc) is 2.61. The van der Waals surface area contributed by atoms with Gasteiger partial charge in [0.25, 0.3) is 0 Å². The molecular formula is C11H11FO2S2. The van der Waals surface area contributed by atoms with Gasteiger partial charge in [-0.25, -0.2) is 12.8 Å². The third-order valence-electron chi connectivity index (χ3n) is 2.36. The summed E-state index contributed by atoms with van der Waals surface area (Å²) >= 11 is 1.33. The molecule has 0 aliphatic carbocycles. The fourth-order valence-corrected chi connectivity index (χ4v) is 3.84. The van der Waals surface area contributed by atoms with Crippen LogP contribution >= 0.6 is 11.3 Å². The minimum absolute atomic E-state index is 0.00227. The molecule has 0 atom stereocenters. The maximum atomic E-state index is 13.4. The lowest BCUT2D eigenvalue weighted by atomic mass is 10.2. The maximum Gasteiger partial charge on any atom is 0.154 e. The summed E-state index contributed by atoms with van der Waals surface area (Å²) < 4.78 is 37.1. The smallest absolute Gasteiger partial charge is 0.154 e. The number of hydrogen-bond acceptors (Lipinski definition) is 3. The van der Waals surface area contributed by atoms with Crippen molar-refractivity contribution in [3.05, 3.63) is 35.0 Å². The second-order valence-corrected chi connectivity index (χ2v) is 7.06. The zero-order valence-electron chi connectivity index (χ0n) is 8.73. The van der Waals surface area contributed by atoms with Crippen molar-refractivity contribution in [2.24, 2.45) is 0 Å². The van der Waals surface area contributed by atoms with Crippen LogP contribution in [-0.2, 0) is 15.6 Å². The molecule has 2 nitrogen and oxygen atoms in total. The van der Waals surface area contributed by atoms with Crippen molar-refractivity contribution in [2.45, 2.75) is 12.7 Å². The summed E-state index contributed by atoms with van der Waals surface area (Å²) in [6, 6.07) is 6.44. The highest BCUT2D eigenvalue weighted by Crippen LogP contribution is 2.28. The van der Waals surface area contributed by atoms with Gasteiger partial charge in [0.05, 0.1) is 5.75 Å². The highest BCUT2D eigenvalue weighted by molar-refractivity contribution is 7.90. The Balaban J connectivity index is 2.45. The number of sulfone groups is 1. The van der Waals surface area contributed by atoms with E-state index in [0.717, 1.165) is 4.70 Å². The lowest BCUT2D eigenvalue weighted by Gasteiger charge is -1.96. The molecule has 2 rings (SSSR count). The molecule has 0 fully saturated rings. The Morgan fingerprint density at radius 3 is 2.75 bits per heavy atom. The predicted octanol–water partition coefficient (Wildman–Crippen LogP) is 2.98. The van der Waals surface area contributed by atoms with Crippen LogP contribution in [0.1, 0.15) is 11.8 Å². The Kier molecular flexibility index (Phi) is 2.99. The quantitative estimate of drug-likeness (QED) is 0.848. The fraction of sp³-hybridized carbons (Fsp3) is 0.273. The molecule has 0 radical (unpaired) electrons. The molecule has 0 spiro atoms. The van der Waals surface area contributed by atoms with E-state index in [1.54, 1.807) is 25.1 Å². The molecule has 1 aromatic heterocycles. The lowest BCUT2D eigenvalue weighted by Crippen LogP contribution is -2.04. The van der Waals surface area contributed by atoms with E-state index in [2.05, 4.69) is 0 Å². The van der Waals surface area contributed by atoms with E-state index in [1.165, 1.54) is 17.4 Å². The predicted molar refractivity (Wildman–Crippen MR) is 64.9 cm³/mol. The molecule has 0 amide bonds. The molecule has 0 aliphatic heterocycles. The number of fused-ring (bicyclic) bond motifs is 1. The number of benzene rings is 1. The molecule has 2 aromatic rings. The van der Waals surface area contributed by atoms with Crippen LogP contribution in [0.2, 0.25) is 0 Å². The first-order valence-corrected chi connectivity index (χ1v) is 7.53. The molecule has 0 saturated carbocycles. The van der Waals surface area contributed by atoms with Crippen LogP contribution in [0.5, 0.6) is 0 Å². The maximum absolute atomic E-state index is 13.4. The Labute approximate surface area is 97.6 Å². The van der Waals surface area contributed by atoms with Gasteiger partial charge in [-0.15, -0.1) is 11.3 Å². The summed E-state index contributed by atoms with van der Waals surface area (Å²) in [4.78, 5) is 0.696. The van der Waals surface area contributed by atoms with Crippen LogP contribution in [0, 0.1) is 5.82 Å². The van der Waals surface area contributed by atoms with Crippen molar-refractivity contribution in [1.29, 1.82) is 0 Å². The Morgan fingerprint density at radius 2 is 2.12 bits per heavy atom. The zero-order chi connectivity index (χ0) is 11.8. The Morgan fingerprint density at radius 1 is 1.38 bits per heavy atom. The summed E-state index contributed by atoms with van der Waals surface area (Å²) in [6.45, 7) is 1.61. The van der Waals surface area contributed by atoms with Gasteiger partial charge in [0.15, 0.2) is 9.84 Å². The molecule has 0 aliphatic rings. The summed E-state index contributed by atoms with van der Waals surface area (Å²) in [5.74, 6) is -0.180. The van der Waals surface area contributed by atoms with Gasteiger partial charge in [-0.05, 0) is 18.2 Å². The topological polar surface area (TPSA) is 34.1 Å². The molecule has 1 aromatic carbocycles. The van der Waals surface area contributed by atoms with E-state index >= 15 is 0 Å². The molecule has 86 valence electrons. The molecule has 0 unspecified atom stereocenters. The van der Waals surface area contributed by atoms with Gasteiger partial charge in [0.2, 0.25) is 0 Å². The van der Waals surface area contributed by atoms with Gasteiger partial charge in [-0.1, -0.05) is 13.0 Å². The van der Waals surface area contributed by atoms with E-state index in [-0.39, 0.29) is 17.3 Å². The summed E-state index contributed by atoms with van der Waals surface area (Å²) in [5.41, 5.74) is 0. The van der Waals surface area contributed by atoms with Crippen molar-refractivity contribution in [3.8, 4) is 0 Å². The van der Waals surface area contributed by atoms with Gasteiger partial charge in [-0.3, -0.25) is 0 Å². The fourth-order valence-electron chi connectivity index (χ4n) is 1.47. The summed E-state index contributed by atoms with van der Waals surface area (Å²) in [7, 11) is -3.05. The summed E-state index contributed by atoms with van der Waals surface area (Å²) in [5, 5.41) is 0.508. The van der Waals surface area contributed by atoms with E-state index in [9.17, 15) is 12.8 Å². The minimum atomic E-state index is -3.05. The van der Waals surface area contributed by atoms with Gasteiger partial charge >= 0.3 is 0 Å². The van der Waals surface area contributed by atoms with Crippen LogP contribution in [-0.4, -0.2) is 14.2 Å². The van der Waals surface area contributed by atoms with Gasteiger partial charge in [-0.2, -0.15) is 0 Å². The first kappa shape index (κ1) is 11.5. The largest absolute Gasteiger partial charge is 0.228 e. The van der Waals surface area contributed by atoms with E-state index in [1.807, 2.05) is 0 Å². The number of hydrogen-bond donors (Lipinski definition) is 0. The first-order valence-electron chi connectivity index (χ1n) is 4.89. The van der Waals surface area contributed by atoms with Crippen LogP contribution < -0.4 is 0 Å². The highest BCUT2D eigenvalue weighted by atomic mass is 32.2.